The number of allylic oxidation sites excluding steroid dienone is 19. The molecule has 0 heterocycles. The topological polar surface area (TPSA) is 43.1 Å². The summed E-state index contributed by atoms with van der Waals surface area (Å²) in [6.07, 6.45) is 33.4. The number of nitrogens with two attached hydrogens (primary N) is 1. The van der Waals surface area contributed by atoms with Crippen molar-refractivity contribution >= 4 is 12.0 Å². The van der Waals surface area contributed by atoms with Crippen LogP contribution in [0.2, 0.25) is 0 Å². The lowest BCUT2D eigenvalue weighted by atomic mass is 9.72. The molecular weight excluding hydrogens is 486 g/mol. The fourth-order valence-corrected chi connectivity index (χ4v) is 4.55. The Hall–Kier alpha value is -3.91. The quantitative estimate of drug-likeness (QED) is 0.282. The van der Waals surface area contributed by atoms with E-state index in [2.05, 4.69) is 121 Å². The second-order valence-electron chi connectivity index (χ2n) is 11.3. The van der Waals surface area contributed by atoms with Crippen molar-refractivity contribution in [1.29, 1.82) is 0 Å². The molecule has 0 saturated carbocycles. The summed E-state index contributed by atoms with van der Waals surface area (Å²) in [4.78, 5) is 11.2. The van der Waals surface area contributed by atoms with Crippen molar-refractivity contribution in [3.05, 3.63) is 148 Å². The lowest BCUT2D eigenvalue weighted by molar-refractivity contribution is 0.100. The molecule has 1 aliphatic rings. The predicted molar refractivity (Wildman–Crippen MR) is 176 cm³/mol. The second kappa shape index (κ2) is 16.3. The van der Waals surface area contributed by atoms with E-state index in [4.69, 9.17) is 5.73 Å². The first-order chi connectivity index (χ1) is 19.0. The normalized spacial score (nSPS) is 18.0. The van der Waals surface area contributed by atoms with Crippen LogP contribution in [-0.4, -0.2) is 5.91 Å². The number of amides is 1. The lowest BCUT2D eigenvalue weighted by Gasteiger charge is -2.32. The van der Waals surface area contributed by atoms with Crippen molar-refractivity contribution < 1.29 is 4.79 Å². The third-order valence-corrected chi connectivity index (χ3v) is 7.06. The maximum absolute atomic E-state index is 11.2. The molecule has 40 heavy (non-hydrogen) atoms. The van der Waals surface area contributed by atoms with Gasteiger partial charge in [-0.05, 0) is 82.6 Å². The Labute approximate surface area is 243 Å². The van der Waals surface area contributed by atoms with Gasteiger partial charge in [0.15, 0.2) is 0 Å². The summed E-state index contributed by atoms with van der Waals surface area (Å²) in [6.45, 7) is 15.4. The zero-order valence-corrected chi connectivity index (χ0v) is 25.5. The van der Waals surface area contributed by atoms with Crippen molar-refractivity contribution in [2.75, 3.05) is 0 Å². The molecule has 2 N–H and O–H groups in total. The van der Waals surface area contributed by atoms with Gasteiger partial charge in [-0.2, -0.15) is 0 Å². The van der Waals surface area contributed by atoms with Crippen LogP contribution in [0.4, 0.5) is 0 Å². The molecule has 0 atom stereocenters. The van der Waals surface area contributed by atoms with E-state index in [1.54, 1.807) is 12.1 Å². The van der Waals surface area contributed by atoms with Gasteiger partial charge in [-0.15, -0.1) is 0 Å². The van der Waals surface area contributed by atoms with Gasteiger partial charge in [0.1, 0.15) is 0 Å². The summed E-state index contributed by atoms with van der Waals surface area (Å²) >= 11 is 0. The van der Waals surface area contributed by atoms with Crippen LogP contribution in [0.25, 0.3) is 6.08 Å². The van der Waals surface area contributed by atoms with Crippen molar-refractivity contribution in [2.24, 2.45) is 11.1 Å². The Balaban J connectivity index is 1.86. The molecule has 1 aromatic rings. The van der Waals surface area contributed by atoms with Crippen LogP contribution >= 0.6 is 0 Å². The second-order valence-corrected chi connectivity index (χ2v) is 11.3. The predicted octanol–water partition coefficient (Wildman–Crippen LogP) is 10.3. The molecule has 0 unspecified atom stereocenters. The first kappa shape index (κ1) is 32.3. The summed E-state index contributed by atoms with van der Waals surface area (Å²) in [5.74, 6) is -0.410. The van der Waals surface area contributed by atoms with E-state index >= 15 is 0 Å². The van der Waals surface area contributed by atoms with Crippen LogP contribution in [0, 0.1) is 5.41 Å². The summed E-state index contributed by atoms with van der Waals surface area (Å²) in [5, 5.41) is 0. The molecule has 1 aromatic carbocycles. The van der Waals surface area contributed by atoms with E-state index in [-0.39, 0.29) is 5.41 Å². The van der Waals surface area contributed by atoms with E-state index in [0.717, 1.165) is 11.1 Å². The van der Waals surface area contributed by atoms with Gasteiger partial charge in [0.05, 0.1) is 0 Å². The van der Waals surface area contributed by atoms with Gasteiger partial charge < -0.3 is 5.73 Å². The highest BCUT2D eigenvalue weighted by molar-refractivity contribution is 5.92. The van der Waals surface area contributed by atoms with E-state index < -0.39 is 5.91 Å². The van der Waals surface area contributed by atoms with E-state index in [0.29, 0.717) is 5.56 Å². The maximum Gasteiger partial charge on any atom is 0.248 e. The van der Waals surface area contributed by atoms with Gasteiger partial charge in [0, 0.05) is 5.56 Å². The van der Waals surface area contributed by atoms with Crippen molar-refractivity contribution in [2.45, 2.75) is 67.7 Å². The molecule has 2 nitrogen and oxygen atoms in total. The number of rotatable bonds is 11. The average molecular weight is 534 g/mol. The largest absolute Gasteiger partial charge is 0.366 e. The lowest BCUT2D eigenvalue weighted by Crippen LogP contribution is -2.19. The molecule has 0 fully saturated rings. The summed E-state index contributed by atoms with van der Waals surface area (Å²) in [5.41, 5.74) is 14.9. The van der Waals surface area contributed by atoms with Crippen LogP contribution in [0.1, 0.15) is 83.7 Å². The summed E-state index contributed by atoms with van der Waals surface area (Å²) < 4.78 is 0. The Morgan fingerprint density at radius 3 is 1.70 bits per heavy atom. The molecule has 0 bridgehead atoms. The minimum atomic E-state index is -0.410. The van der Waals surface area contributed by atoms with Crippen LogP contribution in [-0.2, 0) is 0 Å². The zero-order chi connectivity index (χ0) is 29.5. The van der Waals surface area contributed by atoms with Crippen LogP contribution in [0.3, 0.4) is 0 Å². The molecule has 1 aliphatic carbocycles. The van der Waals surface area contributed by atoms with Gasteiger partial charge in [-0.25, -0.2) is 0 Å². The number of hydrogen-bond donors (Lipinski definition) is 1. The van der Waals surface area contributed by atoms with Gasteiger partial charge >= 0.3 is 0 Å². The molecule has 0 saturated heterocycles. The average Bonchev–Trinajstić information content (AvgIpc) is 2.89. The van der Waals surface area contributed by atoms with Crippen LogP contribution < -0.4 is 5.73 Å². The molecule has 0 spiro atoms. The van der Waals surface area contributed by atoms with Crippen molar-refractivity contribution in [3.8, 4) is 0 Å². The molecule has 2 heteroatoms. The number of hydrogen-bond acceptors (Lipinski definition) is 1. The highest BCUT2D eigenvalue weighted by Gasteiger charge is 2.26. The molecular formula is C38H47NO. The van der Waals surface area contributed by atoms with Crippen molar-refractivity contribution in [1.82, 2.24) is 0 Å². The Morgan fingerprint density at radius 2 is 1.20 bits per heavy atom. The number of carbonyl (C=O) groups is 1. The molecule has 0 aliphatic heterocycles. The SMILES string of the molecule is CC(C=CC=C(C)C=CC1=C(C)CCCC1(C)C)=CC=CC=C(C)C=CC=C(C)C=Cc1ccc(C(N)=O)cc1. The Morgan fingerprint density at radius 1 is 0.725 bits per heavy atom. The monoisotopic (exact) mass is 533 g/mol. The fourth-order valence-electron chi connectivity index (χ4n) is 4.55. The Bertz CT molecular complexity index is 1330. The maximum atomic E-state index is 11.2. The summed E-state index contributed by atoms with van der Waals surface area (Å²) in [7, 11) is 0. The first-order valence-corrected chi connectivity index (χ1v) is 14.2. The number of primary amides is 1. The van der Waals surface area contributed by atoms with E-state index in [1.165, 1.54) is 47.1 Å². The minimum absolute atomic E-state index is 0.278. The summed E-state index contributed by atoms with van der Waals surface area (Å²) in [6, 6.07) is 7.25. The highest BCUT2D eigenvalue weighted by atomic mass is 16.1. The number of benzene rings is 1. The number of carbonyl (C=O) groups excluding carboxylic acids is 1. The minimum Gasteiger partial charge on any atom is -0.366 e. The molecule has 2 rings (SSSR count). The Kier molecular flexibility index (Phi) is 13.1. The molecule has 0 radical (unpaired) electrons. The third-order valence-electron chi connectivity index (χ3n) is 7.06. The third kappa shape index (κ3) is 11.9. The van der Waals surface area contributed by atoms with Gasteiger partial charge in [-0.1, -0.05) is 139 Å². The standard InChI is InChI=1S/C38H47NO/c1-29(15-10-17-31(3)20-22-34-23-25-35(26-24-34)37(39)40)13-8-9-14-30(2)16-11-18-32(4)21-27-36-33(5)19-12-28-38(36,6)7/h8-11,13-18,20-27H,12,19,28H2,1-7H3,(H2,39,40). The van der Waals surface area contributed by atoms with Crippen LogP contribution in [0.15, 0.2) is 137 Å². The van der Waals surface area contributed by atoms with Crippen LogP contribution in [0.5, 0.6) is 0 Å². The first-order valence-electron chi connectivity index (χ1n) is 14.2. The smallest absolute Gasteiger partial charge is 0.248 e. The van der Waals surface area contributed by atoms with Crippen molar-refractivity contribution in [3.63, 3.8) is 0 Å². The molecule has 1 amide bonds. The highest BCUT2D eigenvalue weighted by Crippen LogP contribution is 2.40. The zero-order valence-electron chi connectivity index (χ0n) is 25.5. The fraction of sp³-hybridized carbons (Fsp3) is 0.289. The van der Waals surface area contributed by atoms with E-state index in [9.17, 15) is 4.79 Å². The molecule has 0 aromatic heterocycles. The molecule has 210 valence electrons. The van der Waals surface area contributed by atoms with Gasteiger partial charge in [0.2, 0.25) is 5.91 Å². The van der Waals surface area contributed by atoms with Gasteiger partial charge in [0.25, 0.3) is 0 Å². The van der Waals surface area contributed by atoms with E-state index in [1.807, 2.05) is 24.3 Å². The van der Waals surface area contributed by atoms with Gasteiger partial charge in [-0.3, -0.25) is 4.79 Å².